The maximum Gasteiger partial charge on any atom is 0.248 e. The number of nitrogens with one attached hydrogen (secondary N) is 1. The van der Waals surface area contributed by atoms with Gasteiger partial charge in [0.15, 0.2) is 0 Å². The second-order valence-corrected chi connectivity index (χ2v) is 8.22. The van der Waals surface area contributed by atoms with Crippen LogP contribution in [0, 0.1) is 5.82 Å². The number of rotatable bonds is 6. The van der Waals surface area contributed by atoms with Gasteiger partial charge in [-0.15, -0.1) is 0 Å². The van der Waals surface area contributed by atoms with Crippen LogP contribution in [-0.4, -0.2) is 26.6 Å². The lowest BCUT2D eigenvalue weighted by Crippen LogP contribution is -2.47. The summed E-state index contributed by atoms with van der Waals surface area (Å²) in [6, 6.07) is 8.52. The molecule has 0 bridgehead atoms. The van der Waals surface area contributed by atoms with E-state index < -0.39 is 27.8 Å². The molecule has 26 heavy (non-hydrogen) atoms. The lowest BCUT2D eigenvalue weighted by atomic mass is 10.1. The van der Waals surface area contributed by atoms with Gasteiger partial charge in [-0.1, -0.05) is 36.2 Å². The molecule has 2 aromatic rings. The van der Waals surface area contributed by atoms with E-state index in [1.165, 1.54) is 12.1 Å². The standard InChI is InChI=1S/C17H17Cl2FN2O3S/c1-3-15(17(23)21-16-13(18)5-4-6-14(16)19)22(26(2,24)25)12-9-7-11(20)8-10-12/h4-10,15H,3H2,1-2H3,(H,21,23)/t15-/m0/s1. The minimum absolute atomic E-state index is 0.179. The van der Waals surface area contributed by atoms with Crippen molar-refractivity contribution in [2.45, 2.75) is 19.4 Å². The highest BCUT2D eigenvalue weighted by atomic mass is 35.5. The average Bonchev–Trinajstić information content (AvgIpc) is 2.56. The van der Waals surface area contributed by atoms with Crippen molar-refractivity contribution in [2.24, 2.45) is 0 Å². The Bertz CT molecular complexity index is 884. The summed E-state index contributed by atoms with van der Waals surface area (Å²) in [5.74, 6) is -1.11. The maximum atomic E-state index is 13.2. The molecule has 0 aliphatic heterocycles. The van der Waals surface area contributed by atoms with Gasteiger partial charge < -0.3 is 5.32 Å². The van der Waals surface area contributed by atoms with Crippen molar-refractivity contribution in [3.05, 3.63) is 58.3 Å². The molecule has 9 heteroatoms. The summed E-state index contributed by atoms with van der Waals surface area (Å²) >= 11 is 12.1. The van der Waals surface area contributed by atoms with Crippen LogP contribution in [0.2, 0.25) is 10.0 Å². The molecule has 5 nitrogen and oxygen atoms in total. The summed E-state index contributed by atoms with van der Waals surface area (Å²) in [5, 5.41) is 3.04. The van der Waals surface area contributed by atoms with Crippen LogP contribution in [0.15, 0.2) is 42.5 Å². The fourth-order valence-electron chi connectivity index (χ4n) is 2.47. The lowest BCUT2D eigenvalue weighted by Gasteiger charge is -2.30. The molecule has 2 rings (SSSR count). The predicted molar refractivity (Wildman–Crippen MR) is 103 cm³/mol. The molecule has 0 aromatic heterocycles. The zero-order valence-corrected chi connectivity index (χ0v) is 16.4. The van der Waals surface area contributed by atoms with Crippen LogP contribution in [0.3, 0.4) is 0 Å². The summed E-state index contributed by atoms with van der Waals surface area (Å²) < 4.78 is 38.8. The summed E-state index contributed by atoms with van der Waals surface area (Å²) in [7, 11) is -3.82. The second-order valence-electron chi connectivity index (χ2n) is 5.55. The number of hydrogen-bond donors (Lipinski definition) is 1. The Morgan fingerprint density at radius 1 is 1.15 bits per heavy atom. The van der Waals surface area contributed by atoms with Gasteiger partial charge in [0, 0.05) is 0 Å². The molecule has 0 aliphatic rings. The number of nitrogens with zero attached hydrogens (tertiary/aromatic N) is 1. The van der Waals surface area contributed by atoms with Crippen molar-refractivity contribution in [3.63, 3.8) is 0 Å². The fourth-order valence-corrected chi connectivity index (χ4v) is 4.18. The number of para-hydroxylation sites is 1. The first-order valence-corrected chi connectivity index (χ1v) is 10.3. The minimum Gasteiger partial charge on any atom is -0.322 e. The Hall–Kier alpha value is -1.83. The molecule has 0 radical (unpaired) electrons. The smallest absolute Gasteiger partial charge is 0.248 e. The highest BCUT2D eigenvalue weighted by molar-refractivity contribution is 7.92. The summed E-state index contributed by atoms with van der Waals surface area (Å²) in [6.07, 6.45) is 1.16. The molecule has 0 saturated carbocycles. The fraction of sp³-hybridized carbons (Fsp3) is 0.235. The third kappa shape index (κ3) is 4.66. The molecule has 0 heterocycles. The monoisotopic (exact) mass is 418 g/mol. The van der Waals surface area contributed by atoms with Crippen LogP contribution in [0.4, 0.5) is 15.8 Å². The van der Waals surface area contributed by atoms with Crippen LogP contribution in [0.5, 0.6) is 0 Å². The van der Waals surface area contributed by atoms with Crippen molar-refractivity contribution in [2.75, 3.05) is 15.9 Å². The first-order chi connectivity index (χ1) is 12.1. The van der Waals surface area contributed by atoms with Crippen molar-refractivity contribution in [1.29, 1.82) is 0 Å². The van der Waals surface area contributed by atoms with Gasteiger partial charge >= 0.3 is 0 Å². The Balaban J connectivity index is 2.41. The molecule has 2 aromatic carbocycles. The number of anilines is 2. The van der Waals surface area contributed by atoms with E-state index in [-0.39, 0.29) is 27.8 Å². The Morgan fingerprint density at radius 3 is 2.15 bits per heavy atom. The van der Waals surface area contributed by atoms with E-state index in [0.717, 1.165) is 22.7 Å². The Kier molecular flexibility index (Phi) is 6.49. The topological polar surface area (TPSA) is 66.5 Å². The van der Waals surface area contributed by atoms with Gasteiger partial charge in [0.25, 0.3) is 0 Å². The van der Waals surface area contributed by atoms with Gasteiger partial charge in [-0.3, -0.25) is 9.10 Å². The van der Waals surface area contributed by atoms with Crippen LogP contribution >= 0.6 is 23.2 Å². The molecule has 0 unspecified atom stereocenters. The van der Waals surface area contributed by atoms with Crippen LogP contribution in [0.25, 0.3) is 0 Å². The Labute approximate surface area is 161 Å². The SMILES string of the molecule is CC[C@@H](C(=O)Nc1c(Cl)cccc1Cl)N(c1ccc(F)cc1)S(C)(=O)=O. The van der Waals surface area contributed by atoms with E-state index in [0.29, 0.717) is 0 Å². The van der Waals surface area contributed by atoms with E-state index in [9.17, 15) is 17.6 Å². The quantitative estimate of drug-likeness (QED) is 0.759. The lowest BCUT2D eigenvalue weighted by molar-refractivity contribution is -0.117. The zero-order chi connectivity index (χ0) is 19.5. The van der Waals surface area contributed by atoms with Gasteiger partial charge in [0.05, 0.1) is 27.7 Å². The Morgan fingerprint density at radius 2 is 1.69 bits per heavy atom. The number of sulfonamides is 1. The number of carbonyl (C=O) groups excluding carboxylic acids is 1. The molecular formula is C17H17Cl2FN2O3S. The van der Waals surface area contributed by atoms with Gasteiger partial charge in [0.2, 0.25) is 15.9 Å². The van der Waals surface area contributed by atoms with E-state index in [1.54, 1.807) is 25.1 Å². The average molecular weight is 419 g/mol. The molecular weight excluding hydrogens is 402 g/mol. The summed E-state index contributed by atoms with van der Waals surface area (Å²) in [4.78, 5) is 12.8. The molecule has 1 atom stereocenters. The normalized spacial score (nSPS) is 12.5. The first-order valence-electron chi connectivity index (χ1n) is 7.65. The van der Waals surface area contributed by atoms with E-state index >= 15 is 0 Å². The number of halogens is 3. The predicted octanol–water partition coefficient (Wildman–Crippen LogP) is 4.32. The third-order valence-corrected chi connectivity index (χ3v) is 5.43. The van der Waals surface area contributed by atoms with Crippen molar-refractivity contribution in [3.8, 4) is 0 Å². The van der Waals surface area contributed by atoms with E-state index in [4.69, 9.17) is 23.2 Å². The van der Waals surface area contributed by atoms with E-state index in [2.05, 4.69) is 5.32 Å². The maximum absolute atomic E-state index is 13.2. The van der Waals surface area contributed by atoms with Crippen molar-refractivity contribution < 1.29 is 17.6 Å². The molecule has 0 aliphatic carbocycles. The zero-order valence-electron chi connectivity index (χ0n) is 14.0. The highest BCUT2D eigenvalue weighted by Crippen LogP contribution is 2.31. The van der Waals surface area contributed by atoms with Gasteiger partial charge in [0.1, 0.15) is 11.9 Å². The largest absolute Gasteiger partial charge is 0.322 e. The number of hydrogen-bond acceptors (Lipinski definition) is 3. The first kappa shape index (κ1) is 20.5. The van der Waals surface area contributed by atoms with Crippen molar-refractivity contribution >= 4 is 50.5 Å². The van der Waals surface area contributed by atoms with Crippen LogP contribution in [0.1, 0.15) is 13.3 Å². The third-order valence-electron chi connectivity index (χ3n) is 3.62. The van der Waals surface area contributed by atoms with Gasteiger partial charge in [-0.25, -0.2) is 12.8 Å². The summed E-state index contributed by atoms with van der Waals surface area (Å²) in [5.41, 5.74) is 0.382. The number of amides is 1. The van der Waals surface area contributed by atoms with Gasteiger partial charge in [-0.05, 0) is 42.8 Å². The molecule has 0 fully saturated rings. The minimum atomic E-state index is -3.82. The number of carbonyl (C=O) groups is 1. The molecule has 1 N–H and O–H groups in total. The number of benzene rings is 2. The molecule has 140 valence electrons. The van der Waals surface area contributed by atoms with Gasteiger partial charge in [-0.2, -0.15) is 0 Å². The molecule has 0 spiro atoms. The molecule has 0 saturated heterocycles. The van der Waals surface area contributed by atoms with Crippen LogP contribution in [-0.2, 0) is 14.8 Å². The van der Waals surface area contributed by atoms with E-state index in [1.807, 2.05) is 0 Å². The second kappa shape index (κ2) is 8.24. The van der Waals surface area contributed by atoms with Crippen molar-refractivity contribution in [1.82, 2.24) is 0 Å². The summed E-state index contributed by atoms with van der Waals surface area (Å²) in [6.45, 7) is 1.67. The molecule has 1 amide bonds. The van der Waals surface area contributed by atoms with Crippen LogP contribution < -0.4 is 9.62 Å². The highest BCUT2D eigenvalue weighted by Gasteiger charge is 2.32.